The van der Waals surface area contributed by atoms with Crippen LogP contribution in [-0.4, -0.2) is 73.7 Å². The molecular weight excluding hydrogens is 408 g/mol. The van der Waals surface area contributed by atoms with E-state index < -0.39 is 34.4 Å². The maximum Gasteiger partial charge on any atom is 0.312 e. The summed E-state index contributed by atoms with van der Waals surface area (Å²) in [6, 6.07) is 5.78. The molecule has 1 aliphatic rings. The standard InChI is InChI=1S/C16H20N4O6S2/c17-14(27)11-2-4-12(5-3-11)28(25,26)18-6-1-7-19-8-9-20(10-13(21)22)16(24)15(19)23/h2-5,18H,1,6-10H2,(H2,17,27)(H,21,22)/p-1. The highest BCUT2D eigenvalue weighted by Gasteiger charge is 2.32. The van der Waals surface area contributed by atoms with Crippen LogP contribution in [0.25, 0.3) is 0 Å². The number of thiocarbonyl (C=S) groups is 1. The van der Waals surface area contributed by atoms with Crippen molar-refractivity contribution in [2.75, 3.05) is 32.7 Å². The van der Waals surface area contributed by atoms with Gasteiger partial charge in [-0.25, -0.2) is 13.1 Å². The van der Waals surface area contributed by atoms with E-state index in [0.717, 1.165) is 4.90 Å². The highest BCUT2D eigenvalue weighted by Crippen LogP contribution is 2.11. The van der Waals surface area contributed by atoms with Crippen LogP contribution in [-0.2, 0) is 24.4 Å². The predicted octanol–water partition coefficient (Wildman–Crippen LogP) is -2.59. The Kier molecular flexibility index (Phi) is 7.05. The molecule has 0 bridgehead atoms. The quantitative estimate of drug-likeness (QED) is 0.247. The minimum absolute atomic E-state index is 0.0506. The van der Waals surface area contributed by atoms with Crippen LogP contribution >= 0.6 is 12.2 Å². The molecule has 2 rings (SSSR count). The van der Waals surface area contributed by atoms with Gasteiger partial charge in [-0.1, -0.05) is 24.4 Å². The number of sulfonamides is 1. The molecule has 0 saturated carbocycles. The van der Waals surface area contributed by atoms with Crippen molar-refractivity contribution in [3.05, 3.63) is 29.8 Å². The summed E-state index contributed by atoms with van der Waals surface area (Å²) in [6.45, 7) is -0.163. The minimum Gasteiger partial charge on any atom is -0.548 e. The molecular formula is C16H19N4O6S2-. The molecule has 0 aliphatic carbocycles. The third kappa shape index (κ3) is 5.47. The summed E-state index contributed by atoms with van der Waals surface area (Å²) < 4.78 is 26.9. The second kappa shape index (κ2) is 9.08. The summed E-state index contributed by atoms with van der Waals surface area (Å²) in [4.78, 5) is 36.8. The van der Waals surface area contributed by atoms with Gasteiger partial charge in [-0.15, -0.1) is 0 Å². The number of hydrogen-bond acceptors (Lipinski definition) is 7. The van der Waals surface area contributed by atoms with Crippen molar-refractivity contribution in [1.29, 1.82) is 0 Å². The fourth-order valence-electron chi connectivity index (χ4n) is 2.59. The molecule has 12 heteroatoms. The summed E-state index contributed by atoms with van der Waals surface area (Å²) in [5, 5.41) is 10.6. The van der Waals surface area contributed by atoms with Gasteiger partial charge in [-0.2, -0.15) is 0 Å². The SMILES string of the molecule is NC(=S)c1ccc(S(=O)(=O)NCCCN2CCN(CC(=O)[O-])C(=O)C2=O)cc1. The van der Waals surface area contributed by atoms with E-state index in [1.54, 1.807) is 0 Å². The number of carbonyl (C=O) groups excluding carboxylic acids is 3. The Hall–Kier alpha value is -2.57. The highest BCUT2D eigenvalue weighted by atomic mass is 32.2. The van der Waals surface area contributed by atoms with E-state index in [1.165, 1.54) is 29.2 Å². The second-order valence-corrected chi connectivity index (χ2v) is 8.24. The zero-order chi connectivity index (χ0) is 20.9. The Balaban J connectivity index is 1.83. The number of piperazine rings is 1. The van der Waals surface area contributed by atoms with Crippen LogP contribution in [0.3, 0.4) is 0 Å². The van der Waals surface area contributed by atoms with Crippen LogP contribution in [0.15, 0.2) is 29.2 Å². The first kappa shape index (κ1) is 21.7. The van der Waals surface area contributed by atoms with Crippen LogP contribution in [0.5, 0.6) is 0 Å². The molecule has 10 nitrogen and oxygen atoms in total. The summed E-state index contributed by atoms with van der Waals surface area (Å²) in [7, 11) is -3.74. The number of carboxylic acid groups (broad SMARTS) is 1. The van der Waals surface area contributed by atoms with Crippen molar-refractivity contribution in [1.82, 2.24) is 14.5 Å². The number of carboxylic acids is 1. The number of nitrogens with zero attached hydrogens (tertiary/aromatic N) is 2. The number of nitrogens with one attached hydrogen (secondary N) is 1. The van der Waals surface area contributed by atoms with E-state index in [2.05, 4.69) is 4.72 Å². The zero-order valence-corrected chi connectivity index (χ0v) is 16.4. The average Bonchev–Trinajstić information content (AvgIpc) is 2.64. The molecule has 2 amide bonds. The molecule has 3 N–H and O–H groups in total. The monoisotopic (exact) mass is 427 g/mol. The Morgan fingerprint density at radius 3 is 2.29 bits per heavy atom. The Bertz CT molecular complexity index is 885. The smallest absolute Gasteiger partial charge is 0.312 e. The summed E-state index contributed by atoms with van der Waals surface area (Å²) in [5.74, 6) is -3.16. The van der Waals surface area contributed by atoms with Crippen LogP contribution in [0, 0.1) is 0 Å². The van der Waals surface area contributed by atoms with Gasteiger partial charge in [0.1, 0.15) is 4.99 Å². The van der Waals surface area contributed by atoms with E-state index in [9.17, 15) is 27.9 Å². The number of aliphatic carboxylic acids is 1. The normalized spacial score (nSPS) is 15.0. The maximum absolute atomic E-state index is 12.2. The van der Waals surface area contributed by atoms with Crippen molar-refractivity contribution < 1.29 is 27.9 Å². The van der Waals surface area contributed by atoms with Gasteiger partial charge in [-0.05, 0) is 18.6 Å². The van der Waals surface area contributed by atoms with E-state index in [-0.39, 0.29) is 42.5 Å². The topological polar surface area (TPSA) is 153 Å². The molecule has 1 saturated heterocycles. The van der Waals surface area contributed by atoms with Gasteiger partial charge in [0.05, 0.1) is 17.4 Å². The zero-order valence-electron chi connectivity index (χ0n) is 14.8. The molecule has 0 aromatic heterocycles. The van der Waals surface area contributed by atoms with E-state index >= 15 is 0 Å². The Morgan fingerprint density at radius 1 is 1.14 bits per heavy atom. The number of rotatable bonds is 9. The van der Waals surface area contributed by atoms with Crippen LogP contribution in [0.2, 0.25) is 0 Å². The Morgan fingerprint density at radius 2 is 1.71 bits per heavy atom. The number of hydrogen-bond donors (Lipinski definition) is 2. The molecule has 0 atom stereocenters. The molecule has 152 valence electrons. The summed E-state index contributed by atoms with van der Waals surface area (Å²) >= 11 is 4.81. The van der Waals surface area contributed by atoms with E-state index in [1.807, 2.05) is 0 Å². The van der Waals surface area contributed by atoms with Gasteiger partial charge in [0.15, 0.2) is 0 Å². The largest absolute Gasteiger partial charge is 0.548 e. The van der Waals surface area contributed by atoms with Crippen molar-refractivity contribution in [3.8, 4) is 0 Å². The lowest BCUT2D eigenvalue weighted by molar-refractivity contribution is -0.306. The number of amides is 2. The molecule has 0 spiro atoms. The molecule has 1 heterocycles. The summed E-state index contributed by atoms with van der Waals surface area (Å²) in [5.41, 5.74) is 6.02. The fourth-order valence-corrected chi connectivity index (χ4v) is 3.80. The van der Waals surface area contributed by atoms with Crippen molar-refractivity contribution in [2.45, 2.75) is 11.3 Å². The van der Waals surface area contributed by atoms with Crippen molar-refractivity contribution >= 4 is 45.0 Å². The summed E-state index contributed by atoms with van der Waals surface area (Å²) in [6.07, 6.45) is 0.281. The number of nitrogens with two attached hydrogens (primary N) is 1. The molecule has 28 heavy (non-hydrogen) atoms. The molecule has 0 radical (unpaired) electrons. The molecule has 1 aromatic carbocycles. The predicted molar refractivity (Wildman–Crippen MR) is 100 cm³/mol. The Labute approximate surface area is 167 Å². The van der Waals surface area contributed by atoms with Gasteiger partial charge in [0, 0.05) is 31.7 Å². The number of carbonyl (C=O) groups is 3. The third-order valence-electron chi connectivity index (χ3n) is 4.06. The molecule has 0 unspecified atom stereocenters. The van der Waals surface area contributed by atoms with Crippen LogP contribution < -0.4 is 15.6 Å². The maximum atomic E-state index is 12.2. The van der Waals surface area contributed by atoms with Crippen molar-refractivity contribution in [2.24, 2.45) is 5.73 Å². The van der Waals surface area contributed by atoms with E-state index in [4.69, 9.17) is 18.0 Å². The van der Waals surface area contributed by atoms with Gasteiger partial charge >= 0.3 is 11.8 Å². The van der Waals surface area contributed by atoms with Gasteiger partial charge in [-0.3, -0.25) is 9.59 Å². The molecule has 1 aromatic rings. The van der Waals surface area contributed by atoms with Crippen LogP contribution in [0.1, 0.15) is 12.0 Å². The number of benzene rings is 1. The fraction of sp³-hybridized carbons (Fsp3) is 0.375. The van der Waals surface area contributed by atoms with Gasteiger partial charge in [0.2, 0.25) is 10.0 Å². The average molecular weight is 427 g/mol. The van der Waals surface area contributed by atoms with Crippen molar-refractivity contribution in [3.63, 3.8) is 0 Å². The minimum atomic E-state index is -3.74. The van der Waals surface area contributed by atoms with Gasteiger partial charge < -0.3 is 25.4 Å². The second-order valence-electron chi connectivity index (χ2n) is 6.03. The first-order valence-electron chi connectivity index (χ1n) is 8.29. The van der Waals surface area contributed by atoms with E-state index in [0.29, 0.717) is 5.56 Å². The molecule has 1 aliphatic heterocycles. The third-order valence-corrected chi connectivity index (χ3v) is 5.78. The van der Waals surface area contributed by atoms with Gasteiger partial charge in [0.25, 0.3) is 0 Å². The highest BCUT2D eigenvalue weighted by molar-refractivity contribution is 7.89. The lowest BCUT2D eigenvalue weighted by Crippen LogP contribution is -2.56. The first-order chi connectivity index (χ1) is 13.1. The molecule has 1 fully saturated rings. The van der Waals surface area contributed by atoms with Crippen LogP contribution in [0.4, 0.5) is 0 Å². The first-order valence-corrected chi connectivity index (χ1v) is 10.2. The lowest BCUT2D eigenvalue weighted by Gasteiger charge is -2.33. The lowest BCUT2D eigenvalue weighted by atomic mass is 10.2.